The van der Waals surface area contributed by atoms with Gasteiger partial charge < -0.3 is 11.5 Å². The molecule has 8 heteroatoms. The summed E-state index contributed by atoms with van der Waals surface area (Å²) < 4.78 is 37.7. The van der Waals surface area contributed by atoms with Crippen molar-refractivity contribution < 1.29 is 13.2 Å². The zero-order valence-corrected chi connectivity index (χ0v) is 12.4. The van der Waals surface area contributed by atoms with E-state index in [1.54, 1.807) is 18.2 Å². The number of aromatic nitrogens is 1. The Morgan fingerprint density at radius 3 is 2.24 bits per heavy atom. The van der Waals surface area contributed by atoms with E-state index in [1.165, 1.54) is 6.07 Å². The molecular weight excluding hydrogens is 326 g/mol. The number of benzene rings is 1. The van der Waals surface area contributed by atoms with E-state index < -0.39 is 11.7 Å². The molecular formula is C13H14Cl2F3N3. The van der Waals surface area contributed by atoms with Gasteiger partial charge >= 0.3 is 6.18 Å². The van der Waals surface area contributed by atoms with Crippen LogP contribution in [0.5, 0.6) is 0 Å². The third kappa shape index (κ3) is 4.99. The molecule has 0 unspecified atom stereocenters. The zero-order chi connectivity index (χ0) is 14.0. The van der Waals surface area contributed by atoms with Crippen molar-refractivity contribution in [3.8, 4) is 0 Å². The molecule has 0 atom stereocenters. The number of rotatable bonds is 2. The molecule has 0 amide bonds. The van der Waals surface area contributed by atoms with E-state index in [-0.39, 0.29) is 37.1 Å². The van der Waals surface area contributed by atoms with Crippen LogP contribution in [0.3, 0.4) is 0 Å². The first kappa shape index (κ1) is 19.3. The van der Waals surface area contributed by atoms with E-state index in [0.29, 0.717) is 16.9 Å². The van der Waals surface area contributed by atoms with Crippen molar-refractivity contribution in [2.24, 2.45) is 0 Å². The zero-order valence-electron chi connectivity index (χ0n) is 10.7. The van der Waals surface area contributed by atoms with Gasteiger partial charge in [0.1, 0.15) is 5.82 Å². The number of halogens is 5. The maximum Gasteiger partial charge on any atom is 0.416 e. The molecule has 116 valence electrons. The van der Waals surface area contributed by atoms with Crippen molar-refractivity contribution in [2.75, 3.05) is 11.5 Å². The predicted octanol–water partition coefficient (Wildman–Crippen LogP) is 3.70. The molecule has 0 aliphatic heterocycles. The van der Waals surface area contributed by atoms with Crippen molar-refractivity contribution in [3.63, 3.8) is 0 Å². The highest BCUT2D eigenvalue weighted by Crippen LogP contribution is 2.30. The van der Waals surface area contributed by atoms with Gasteiger partial charge in [0.05, 0.1) is 11.3 Å². The lowest BCUT2D eigenvalue weighted by Gasteiger charge is -2.09. The van der Waals surface area contributed by atoms with Crippen LogP contribution in [0.2, 0.25) is 0 Å². The molecule has 1 aromatic heterocycles. The van der Waals surface area contributed by atoms with Gasteiger partial charge in [-0.15, -0.1) is 24.8 Å². The molecule has 4 N–H and O–H groups in total. The van der Waals surface area contributed by atoms with Gasteiger partial charge in [-0.2, -0.15) is 13.2 Å². The minimum absolute atomic E-state index is 0. The van der Waals surface area contributed by atoms with E-state index in [4.69, 9.17) is 11.5 Å². The quantitative estimate of drug-likeness (QED) is 0.876. The second-order valence-corrected chi connectivity index (χ2v) is 4.15. The maximum absolute atomic E-state index is 12.6. The molecule has 1 heterocycles. The van der Waals surface area contributed by atoms with Crippen LogP contribution in [-0.4, -0.2) is 4.98 Å². The molecule has 0 spiro atoms. The molecule has 0 aliphatic carbocycles. The third-order valence-corrected chi connectivity index (χ3v) is 2.65. The molecule has 2 aromatic rings. The summed E-state index contributed by atoms with van der Waals surface area (Å²) in [5.41, 5.74) is 11.9. The number of anilines is 2. The lowest BCUT2D eigenvalue weighted by molar-refractivity contribution is -0.137. The number of nitrogen functional groups attached to an aromatic ring is 2. The van der Waals surface area contributed by atoms with Gasteiger partial charge in [0.15, 0.2) is 0 Å². The summed E-state index contributed by atoms with van der Waals surface area (Å²) in [5, 5.41) is 0. The number of nitrogens with two attached hydrogens (primary N) is 2. The van der Waals surface area contributed by atoms with Crippen LogP contribution in [0.4, 0.5) is 24.7 Å². The van der Waals surface area contributed by atoms with E-state index in [0.717, 1.165) is 12.1 Å². The fourth-order valence-corrected chi connectivity index (χ4v) is 1.69. The smallest absolute Gasteiger partial charge is 0.396 e. The van der Waals surface area contributed by atoms with Gasteiger partial charge in [-0.3, -0.25) is 0 Å². The van der Waals surface area contributed by atoms with Crippen LogP contribution >= 0.6 is 24.8 Å². The lowest BCUT2D eigenvalue weighted by Crippen LogP contribution is -2.06. The highest BCUT2D eigenvalue weighted by atomic mass is 35.5. The van der Waals surface area contributed by atoms with Crippen LogP contribution in [0, 0.1) is 0 Å². The molecule has 0 fully saturated rings. The average Bonchev–Trinajstić information content (AvgIpc) is 2.33. The summed E-state index contributed by atoms with van der Waals surface area (Å²) in [6, 6.07) is 8.36. The van der Waals surface area contributed by atoms with Crippen molar-refractivity contribution in [1.82, 2.24) is 4.98 Å². The predicted molar refractivity (Wildman–Crippen MR) is 81.8 cm³/mol. The number of alkyl halides is 3. The van der Waals surface area contributed by atoms with Gasteiger partial charge in [0, 0.05) is 12.1 Å². The van der Waals surface area contributed by atoms with E-state index in [2.05, 4.69) is 4.98 Å². The first-order chi connectivity index (χ1) is 8.86. The number of hydrogen-bond acceptors (Lipinski definition) is 3. The van der Waals surface area contributed by atoms with Crippen LogP contribution in [-0.2, 0) is 12.6 Å². The fraction of sp³-hybridized carbons (Fsp3) is 0.154. The molecule has 1 aromatic carbocycles. The molecule has 2 rings (SSSR count). The minimum atomic E-state index is -4.34. The van der Waals surface area contributed by atoms with Crippen molar-refractivity contribution >= 4 is 36.3 Å². The standard InChI is InChI=1S/C13H12F3N3.2ClH/c14-13(15,16)9-3-1-2-8(6-9)7-10-4-5-11(17)12(18)19-10;;/h1-6H,7,17H2,(H2,18,19);2*1H. The van der Waals surface area contributed by atoms with Gasteiger partial charge in [-0.1, -0.05) is 18.2 Å². The monoisotopic (exact) mass is 339 g/mol. The second kappa shape index (κ2) is 7.38. The van der Waals surface area contributed by atoms with Gasteiger partial charge in [-0.25, -0.2) is 4.98 Å². The number of nitrogens with zero attached hydrogens (tertiary/aromatic N) is 1. The minimum Gasteiger partial charge on any atom is -0.396 e. The summed E-state index contributed by atoms with van der Waals surface area (Å²) in [7, 11) is 0. The Morgan fingerprint density at radius 2 is 1.67 bits per heavy atom. The average molecular weight is 340 g/mol. The summed E-state index contributed by atoms with van der Waals surface area (Å²) >= 11 is 0. The molecule has 0 bridgehead atoms. The van der Waals surface area contributed by atoms with E-state index in [9.17, 15) is 13.2 Å². The molecule has 0 saturated carbocycles. The largest absolute Gasteiger partial charge is 0.416 e. The first-order valence-corrected chi connectivity index (χ1v) is 5.53. The third-order valence-electron chi connectivity index (χ3n) is 2.65. The topological polar surface area (TPSA) is 64.9 Å². The SMILES string of the molecule is Cl.Cl.Nc1ccc(Cc2cccc(C(F)(F)F)c2)nc1N. The van der Waals surface area contributed by atoms with Crippen LogP contribution in [0.25, 0.3) is 0 Å². The Morgan fingerprint density at radius 1 is 1.00 bits per heavy atom. The van der Waals surface area contributed by atoms with Crippen molar-refractivity contribution in [2.45, 2.75) is 12.6 Å². The van der Waals surface area contributed by atoms with Crippen molar-refractivity contribution in [1.29, 1.82) is 0 Å². The Labute approximate surface area is 132 Å². The summed E-state index contributed by atoms with van der Waals surface area (Å²) in [6.07, 6.45) is -4.07. The van der Waals surface area contributed by atoms with Crippen LogP contribution in [0.15, 0.2) is 36.4 Å². The molecule has 0 radical (unpaired) electrons. The fourth-order valence-electron chi connectivity index (χ4n) is 1.69. The molecule has 21 heavy (non-hydrogen) atoms. The van der Waals surface area contributed by atoms with Crippen LogP contribution in [0.1, 0.15) is 16.8 Å². The van der Waals surface area contributed by atoms with E-state index in [1.807, 2.05) is 0 Å². The Bertz CT molecular complexity index is 603. The Kier molecular flexibility index (Phi) is 6.79. The molecule has 0 aliphatic rings. The van der Waals surface area contributed by atoms with Crippen LogP contribution < -0.4 is 11.5 Å². The number of pyridine rings is 1. The summed E-state index contributed by atoms with van der Waals surface area (Å²) in [4.78, 5) is 4.03. The number of hydrogen-bond donors (Lipinski definition) is 2. The molecule has 3 nitrogen and oxygen atoms in total. The van der Waals surface area contributed by atoms with Crippen molar-refractivity contribution in [3.05, 3.63) is 53.2 Å². The highest BCUT2D eigenvalue weighted by Gasteiger charge is 2.30. The van der Waals surface area contributed by atoms with E-state index >= 15 is 0 Å². The Balaban J connectivity index is 0.00000200. The highest BCUT2D eigenvalue weighted by molar-refractivity contribution is 5.85. The summed E-state index contributed by atoms with van der Waals surface area (Å²) in [6.45, 7) is 0. The maximum atomic E-state index is 12.6. The first-order valence-electron chi connectivity index (χ1n) is 5.53. The van der Waals surface area contributed by atoms with Gasteiger partial charge in [-0.05, 0) is 23.8 Å². The van der Waals surface area contributed by atoms with Gasteiger partial charge in [0.2, 0.25) is 0 Å². The second-order valence-electron chi connectivity index (χ2n) is 4.15. The molecule has 0 saturated heterocycles. The Hall–Kier alpha value is -1.66. The summed E-state index contributed by atoms with van der Waals surface area (Å²) in [5.74, 6) is 0.185. The lowest BCUT2D eigenvalue weighted by atomic mass is 10.1. The normalized spacial score (nSPS) is 10.4. The van der Waals surface area contributed by atoms with Gasteiger partial charge in [0.25, 0.3) is 0 Å².